The van der Waals surface area contributed by atoms with Gasteiger partial charge in [-0.25, -0.2) is 4.79 Å². The topological polar surface area (TPSA) is 83.1 Å². The molecule has 7 heteroatoms. The van der Waals surface area contributed by atoms with Gasteiger partial charge in [0.25, 0.3) is 0 Å². The minimum absolute atomic E-state index is 0.0914. The van der Waals surface area contributed by atoms with Crippen molar-refractivity contribution in [3.63, 3.8) is 0 Å². The first-order chi connectivity index (χ1) is 13.0. The summed E-state index contributed by atoms with van der Waals surface area (Å²) < 4.78 is 21.4. The number of nitrogens with one attached hydrogen (secondary N) is 1. The van der Waals surface area contributed by atoms with E-state index < -0.39 is 23.8 Å². The van der Waals surface area contributed by atoms with E-state index in [0.29, 0.717) is 11.5 Å². The summed E-state index contributed by atoms with van der Waals surface area (Å²) in [6.07, 6.45) is -1.08. The van der Waals surface area contributed by atoms with Gasteiger partial charge in [0.15, 0.2) is 0 Å². The highest BCUT2D eigenvalue weighted by atomic mass is 16.6. The Labute approximate surface area is 167 Å². The lowest BCUT2D eigenvalue weighted by atomic mass is 9.84. The van der Waals surface area contributed by atoms with Crippen molar-refractivity contribution in [2.75, 3.05) is 20.8 Å². The maximum Gasteiger partial charge on any atom is 0.408 e. The number of carbonyl (C=O) groups is 2. The van der Waals surface area contributed by atoms with Gasteiger partial charge in [0, 0.05) is 17.5 Å². The van der Waals surface area contributed by atoms with Crippen LogP contribution in [-0.2, 0) is 14.3 Å². The highest BCUT2D eigenvalue weighted by molar-refractivity contribution is 5.78. The molecule has 0 bridgehead atoms. The summed E-state index contributed by atoms with van der Waals surface area (Å²) in [7, 11) is 3.19. The zero-order chi connectivity index (χ0) is 21.5. The lowest BCUT2D eigenvalue weighted by Crippen LogP contribution is -2.37. The zero-order valence-electron chi connectivity index (χ0n) is 18.1. The molecule has 0 heterocycles. The summed E-state index contributed by atoms with van der Waals surface area (Å²) in [6.45, 7) is 10.9. The van der Waals surface area contributed by atoms with Crippen molar-refractivity contribution < 1.29 is 28.5 Å². The molecule has 1 unspecified atom stereocenters. The predicted molar refractivity (Wildman–Crippen MR) is 107 cm³/mol. The van der Waals surface area contributed by atoms with Gasteiger partial charge in [-0.15, -0.1) is 0 Å². The van der Waals surface area contributed by atoms with Crippen LogP contribution in [0.4, 0.5) is 4.79 Å². The van der Waals surface area contributed by atoms with E-state index in [1.54, 1.807) is 35.0 Å². The molecule has 0 fully saturated rings. The monoisotopic (exact) mass is 395 g/mol. The van der Waals surface area contributed by atoms with Crippen molar-refractivity contribution in [3.05, 3.63) is 23.8 Å². The number of amides is 1. The van der Waals surface area contributed by atoms with Crippen LogP contribution in [0.3, 0.4) is 0 Å². The standard InChI is InChI=1S/C21H33NO6/c1-13(2)19(16-10-9-15(25-7)11-17(16)26-8)14(3)27-18(23)12-22-20(24)28-21(4,5)6/h9-11,13-14,19H,12H2,1-8H3,(H,22,24)/t14?,19-/m1/s1. The van der Waals surface area contributed by atoms with E-state index in [2.05, 4.69) is 19.2 Å². The number of carbonyl (C=O) groups excluding carboxylic acids is 2. The molecule has 0 saturated carbocycles. The van der Waals surface area contributed by atoms with E-state index in [0.717, 1.165) is 5.56 Å². The molecule has 0 spiro atoms. The molecule has 1 amide bonds. The summed E-state index contributed by atoms with van der Waals surface area (Å²) in [4.78, 5) is 23.9. The minimum Gasteiger partial charge on any atom is -0.497 e. The Bertz CT molecular complexity index is 665. The molecule has 158 valence electrons. The maximum atomic E-state index is 12.2. The van der Waals surface area contributed by atoms with Crippen LogP contribution in [-0.4, -0.2) is 44.5 Å². The van der Waals surface area contributed by atoms with Gasteiger partial charge in [0.2, 0.25) is 0 Å². The number of methoxy groups -OCH3 is 2. The Morgan fingerprint density at radius 3 is 2.21 bits per heavy atom. The van der Waals surface area contributed by atoms with Gasteiger partial charge in [-0.3, -0.25) is 4.79 Å². The van der Waals surface area contributed by atoms with Crippen molar-refractivity contribution in [2.24, 2.45) is 5.92 Å². The Hall–Kier alpha value is -2.44. The fraction of sp³-hybridized carbons (Fsp3) is 0.619. The van der Waals surface area contributed by atoms with Gasteiger partial charge in [-0.1, -0.05) is 19.9 Å². The Morgan fingerprint density at radius 2 is 1.71 bits per heavy atom. The van der Waals surface area contributed by atoms with Gasteiger partial charge < -0.3 is 24.3 Å². The number of hydrogen-bond donors (Lipinski definition) is 1. The van der Waals surface area contributed by atoms with Crippen molar-refractivity contribution in [2.45, 2.75) is 59.2 Å². The third kappa shape index (κ3) is 7.29. The zero-order valence-corrected chi connectivity index (χ0v) is 18.1. The Kier molecular flexibility index (Phi) is 8.60. The van der Waals surface area contributed by atoms with E-state index >= 15 is 0 Å². The molecular formula is C21H33NO6. The van der Waals surface area contributed by atoms with Crippen molar-refractivity contribution >= 4 is 12.1 Å². The van der Waals surface area contributed by atoms with Crippen LogP contribution in [0.2, 0.25) is 0 Å². The minimum atomic E-state index is -0.658. The van der Waals surface area contributed by atoms with Crippen molar-refractivity contribution in [1.82, 2.24) is 5.32 Å². The van der Waals surface area contributed by atoms with Crippen molar-refractivity contribution in [3.8, 4) is 11.5 Å². The van der Waals surface area contributed by atoms with Gasteiger partial charge in [0.1, 0.15) is 29.7 Å². The maximum absolute atomic E-state index is 12.2. The highest BCUT2D eigenvalue weighted by Crippen LogP contribution is 2.37. The third-order valence-corrected chi connectivity index (χ3v) is 4.12. The Balaban J connectivity index is 2.82. The normalized spacial score (nSPS) is 13.5. The van der Waals surface area contributed by atoms with Crippen LogP contribution >= 0.6 is 0 Å². The molecule has 28 heavy (non-hydrogen) atoms. The van der Waals surface area contributed by atoms with E-state index in [1.807, 2.05) is 25.1 Å². The smallest absolute Gasteiger partial charge is 0.408 e. The van der Waals surface area contributed by atoms with E-state index in [9.17, 15) is 9.59 Å². The summed E-state index contributed by atoms with van der Waals surface area (Å²) >= 11 is 0. The second-order valence-corrected chi connectivity index (χ2v) is 7.93. The van der Waals surface area contributed by atoms with Crippen LogP contribution in [0.5, 0.6) is 11.5 Å². The second kappa shape index (κ2) is 10.2. The summed E-state index contributed by atoms with van der Waals surface area (Å²) in [5.41, 5.74) is 0.299. The molecular weight excluding hydrogens is 362 g/mol. The summed E-state index contributed by atoms with van der Waals surface area (Å²) in [6, 6.07) is 5.58. The van der Waals surface area contributed by atoms with Crippen LogP contribution < -0.4 is 14.8 Å². The first-order valence-corrected chi connectivity index (χ1v) is 9.36. The van der Waals surface area contributed by atoms with Crippen LogP contribution in [0, 0.1) is 5.92 Å². The van der Waals surface area contributed by atoms with Crippen LogP contribution in [0.25, 0.3) is 0 Å². The molecule has 0 aliphatic carbocycles. The van der Waals surface area contributed by atoms with Crippen LogP contribution in [0.15, 0.2) is 18.2 Å². The second-order valence-electron chi connectivity index (χ2n) is 7.93. The Morgan fingerprint density at radius 1 is 1.07 bits per heavy atom. The third-order valence-electron chi connectivity index (χ3n) is 4.12. The van der Waals surface area contributed by atoms with Gasteiger partial charge >= 0.3 is 12.1 Å². The SMILES string of the molecule is COc1ccc([C@H](C(C)C)C(C)OC(=O)CNC(=O)OC(C)(C)C)c(OC)c1. The summed E-state index contributed by atoms with van der Waals surface area (Å²) in [5, 5.41) is 2.41. The molecule has 0 aliphatic rings. The number of alkyl carbamates (subject to hydrolysis) is 1. The van der Waals surface area contributed by atoms with Gasteiger partial charge in [-0.2, -0.15) is 0 Å². The molecule has 1 aromatic carbocycles. The fourth-order valence-corrected chi connectivity index (χ4v) is 3.03. The predicted octanol–water partition coefficient (Wildman–Crippen LogP) is 3.90. The number of hydrogen-bond acceptors (Lipinski definition) is 6. The van der Waals surface area contributed by atoms with E-state index in [1.165, 1.54) is 0 Å². The first kappa shape index (κ1) is 23.6. The molecule has 1 aromatic rings. The lowest BCUT2D eigenvalue weighted by molar-refractivity contribution is -0.148. The van der Waals surface area contributed by atoms with Crippen molar-refractivity contribution in [1.29, 1.82) is 0 Å². The largest absolute Gasteiger partial charge is 0.497 e. The number of benzene rings is 1. The fourth-order valence-electron chi connectivity index (χ4n) is 3.03. The molecule has 1 rings (SSSR count). The lowest BCUT2D eigenvalue weighted by Gasteiger charge is -2.29. The van der Waals surface area contributed by atoms with Gasteiger partial charge in [-0.05, 0) is 39.7 Å². The molecule has 0 radical (unpaired) electrons. The number of ether oxygens (including phenoxy) is 4. The van der Waals surface area contributed by atoms with Gasteiger partial charge in [0.05, 0.1) is 14.2 Å². The molecule has 7 nitrogen and oxygen atoms in total. The highest BCUT2D eigenvalue weighted by Gasteiger charge is 2.29. The number of esters is 1. The molecule has 0 saturated heterocycles. The average molecular weight is 395 g/mol. The number of rotatable bonds is 8. The molecule has 0 aliphatic heterocycles. The van der Waals surface area contributed by atoms with E-state index in [-0.39, 0.29) is 18.4 Å². The molecule has 0 aromatic heterocycles. The quantitative estimate of drug-likeness (QED) is 0.672. The average Bonchev–Trinajstić information content (AvgIpc) is 2.58. The molecule has 2 atom stereocenters. The van der Waals surface area contributed by atoms with Crippen LogP contribution in [0.1, 0.15) is 53.0 Å². The first-order valence-electron chi connectivity index (χ1n) is 9.36. The molecule has 1 N–H and O–H groups in total. The summed E-state index contributed by atoms with van der Waals surface area (Å²) in [5.74, 6) is 0.925. The van der Waals surface area contributed by atoms with E-state index in [4.69, 9.17) is 18.9 Å².